The first-order valence-corrected chi connectivity index (χ1v) is 11.6. The van der Waals surface area contributed by atoms with E-state index in [0.717, 1.165) is 49.3 Å². The quantitative estimate of drug-likeness (QED) is 0.582. The Labute approximate surface area is 192 Å². The van der Waals surface area contributed by atoms with E-state index in [1.54, 1.807) is 12.1 Å². The van der Waals surface area contributed by atoms with Crippen LogP contribution < -0.4 is 15.5 Å². The smallest absolute Gasteiger partial charge is 0.393 e. The summed E-state index contributed by atoms with van der Waals surface area (Å²) < 4.78 is 41.4. The fraction of sp³-hybridized carbons (Fsp3) is 0.480. The number of hydrogen-bond acceptors (Lipinski definition) is 3. The minimum atomic E-state index is -4.47. The molecule has 0 spiro atoms. The highest BCUT2D eigenvalue weighted by molar-refractivity contribution is 5.90. The topological polar surface area (TPSA) is 64.6 Å². The predicted molar refractivity (Wildman–Crippen MR) is 122 cm³/mol. The van der Waals surface area contributed by atoms with E-state index < -0.39 is 23.9 Å². The molecule has 2 amide bonds. The maximum Gasteiger partial charge on any atom is 0.418 e. The van der Waals surface area contributed by atoms with Crippen molar-refractivity contribution in [3.05, 3.63) is 58.7 Å². The van der Waals surface area contributed by atoms with E-state index in [4.69, 9.17) is 0 Å². The molecule has 0 radical (unpaired) electrons. The molecule has 2 aliphatic rings. The molecule has 1 aliphatic carbocycles. The number of hydrogen-bond donors (Lipinski definition) is 3. The Hall–Kier alpha value is -2.74. The number of rotatable bonds is 4. The Morgan fingerprint density at radius 3 is 2.58 bits per heavy atom. The zero-order chi connectivity index (χ0) is 23.4. The highest BCUT2D eigenvalue weighted by Gasteiger charge is 2.35. The summed E-state index contributed by atoms with van der Waals surface area (Å²) in [7, 11) is 0. The van der Waals surface area contributed by atoms with Crippen molar-refractivity contribution in [2.45, 2.75) is 63.8 Å². The van der Waals surface area contributed by atoms with Crippen molar-refractivity contribution in [1.29, 1.82) is 0 Å². The molecule has 2 aromatic rings. The van der Waals surface area contributed by atoms with Gasteiger partial charge in [-0.3, -0.25) is 0 Å². The van der Waals surface area contributed by atoms with Gasteiger partial charge in [0.2, 0.25) is 0 Å². The molecule has 1 aliphatic heterocycles. The van der Waals surface area contributed by atoms with Gasteiger partial charge in [-0.05, 0) is 60.6 Å². The summed E-state index contributed by atoms with van der Waals surface area (Å²) in [5.74, 6) is 0. The first kappa shape index (κ1) is 23.4. The number of alkyl halides is 3. The molecule has 178 valence electrons. The molecular weight excluding hydrogens is 431 g/mol. The van der Waals surface area contributed by atoms with Crippen LogP contribution >= 0.6 is 0 Å². The zero-order valence-corrected chi connectivity index (χ0v) is 18.5. The molecule has 0 aromatic heterocycles. The lowest BCUT2D eigenvalue weighted by atomic mass is 9.88. The van der Waals surface area contributed by atoms with Crippen molar-refractivity contribution in [3.63, 3.8) is 0 Å². The molecule has 8 heteroatoms. The van der Waals surface area contributed by atoms with Crippen molar-refractivity contribution in [1.82, 2.24) is 5.32 Å². The second kappa shape index (κ2) is 10.0. The van der Waals surface area contributed by atoms with E-state index in [0.29, 0.717) is 37.2 Å². The Morgan fingerprint density at radius 1 is 1.09 bits per heavy atom. The second-order valence-electron chi connectivity index (χ2n) is 8.90. The van der Waals surface area contributed by atoms with E-state index in [1.807, 2.05) is 17.0 Å². The highest BCUT2D eigenvalue weighted by Crippen LogP contribution is 2.38. The van der Waals surface area contributed by atoms with Gasteiger partial charge >= 0.3 is 12.2 Å². The maximum absolute atomic E-state index is 13.8. The van der Waals surface area contributed by atoms with E-state index >= 15 is 0 Å². The SMILES string of the molecule is O=C(NCc1ccc(N2CCCCCC2)c(C(F)(F)F)c1)Nc1cccc2c1CC(O)CC2. The Morgan fingerprint density at radius 2 is 1.85 bits per heavy atom. The summed E-state index contributed by atoms with van der Waals surface area (Å²) in [6.07, 6.45) is 0.864. The Kier molecular flexibility index (Phi) is 7.12. The number of aliphatic hydroxyl groups excluding tert-OH is 1. The number of carbonyl (C=O) groups excluding carboxylic acids is 1. The molecule has 1 heterocycles. The lowest BCUT2D eigenvalue weighted by Gasteiger charge is -2.27. The van der Waals surface area contributed by atoms with Crippen molar-refractivity contribution < 1.29 is 23.1 Å². The van der Waals surface area contributed by atoms with Gasteiger partial charge in [-0.1, -0.05) is 31.0 Å². The number of amides is 2. The molecule has 1 unspecified atom stereocenters. The van der Waals surface area contributed by atoms with Gasteiger partial charge in [0.1, 0.15) is 0 Å². The molecule has 33 heavy (non-hydrogen) atoms. The van der Waals surface area contributed by atoms with Crippen LogP contribution in [0, 0.1) is 0 Å². The molecule has 3 N–H and O–H groups in total. The maximum atomic E-state index is 13.8. The second-order valence-corrected chi connectivity index (χ2v) is 8.90. The average molecular weight is 462 g/mol. The molecule has 5 nitrogen and oxygen atoms in total. The number of nitrogens with one attached hydrogen (secondary N) is 2. The molecule has 2 aromatic carbocycles. The molecule has 0 saturated carbocycles. The van der Waals surface area contributed by atoms with Gasteiger partial charge in [0.15, 0.2) is 0 Å². The van der Waals surface area contributed by atoms with E-state index in [-0.39, 0.29) is 12.2 Å². The van der Waals surface area contributed by atoms with Crippen molar-refractivity contribution >= 4 is 17.4 Å². The molecular formula is C25H30F3N3O2. The van der Waals surface area contributed by atoms with Gasteiger partial charge in [-0.25, -0.2) is 4.79 Å². The highest BCUT2D eigenvalue weighted by atomic mass is 19.4. The van der Waals surface area contributed by atoms with Crippen LogP contribution in [-0.4, -0.2) is 30.3 Å². The summed E-state index contributed by atoms with van der Waals surface area (Å²) >= 11 is 0. The van der Waals surface area contributed by atoms with Crippen molar-refractivity contribution in [2.75, 3.05) is 23.3 Å². The van der Waals surface area contributed by atoms with Crippen LogP contribution in [0.25, 0.3) is 0 Å². The number of fused-ring (bicyclic) bond motifs is 1. The number of halogens is 3. The largest absolute Gasteiger partial charge is 0.418 e. The van der Waals surface area contributed by atoms with E-state index in [9.17, 15) is 23.1 Å². The van der Waals surface area contributed by atoms with Crippen LogP contribution in [0.3, 0.4) is 0 Å². The third-order valence-electron chi connectivity index (χ3n) is 6.47. The number of anilines is 2. The number of aliphatic hydroxyl groups is 1. The van der Waals surface area contributed by atoms with E-state index in [2.05, 4.69) is 10.6 Å². The normalized spacial score (nSPS) is 18.9. The number of urea groups is 1. The van der Waals surface area contributed by atoms with Crippen molar-refractivity contribution in [2.24, 2.45) is 0 Å². The summed E-state index contributed by atoms with van der Waals surface area (Å²) in [6.45, 7) is 1.23. The minimum Gasteiger partial charge on any atom is -0.393 e. The monoisotopic (exact) mass is 461 g/mol. The van der Waals surface area contributed by atoms with Gasteiger partial charge in [-0.2, -0.15) is 13.2 Å². The molecule has 0 bridgehead atoms. The van der Waals surface area contributed by atoms with Crippen LogP contribution in [0.2, 0.25) is 0 Å². The zero-order valence-electron chi connectivity index (χ0n) is 18.5. The van der Waals surface area contributed by atoms with Gasteiger partial charge < -0.3 is 20.6 Å². The van der Waals surface area contributed by atoms with Crippen LogP contribution in [0.4, 0.5) is 29.3 Å². The van der Waals surface area contributed by atoms with Gasteiger partial charge in [0, 0.05) is 37.4 Å². The summed E-state index contributed by atoms with van der Waals surface area (Å²) in [5, 5.41) is 15.4. The first-order chi connectivity index (χ1) is 15.8. The first-order valence-electron chi connectivity index (χ1n) is 11.6. The predicted octanol–water partition coefficient (Wildman–Crippen LogP) is 5.26. The fourth-order valence-electron chi connectivity index (χ4n) is 4.74. The van der Waals surface area contributed by atoms with Crippen LogP contribution in [0.1, 0.15) is 54.4 Å². The number of benzene rings is 2. The minimum absolute atomic E-state index is 0.0210. The average Bonchev–Trinajstić information content (AvgIpc) is 3.07. The Balaban J connectivity index is 1.45. The van der Waals surface area contributed by atoms with Crippen LogP contribution in [0.15, 0.2) is 36.4 Å². The Bertz CT molecular complexity index is 985. The van der Waals surface area contributed by atoms with Crippen LogP contribution in [-0.2, 0) is 25.6 Å². The van der Waals surface area contributed by atoms with Gasteiger partial charge in [0.05, 0.1) is 11.7 Å². The lowest BCUT2D eigenvalue weighted by Crippen LogP contribution is -2.30. The van der Waals surface area contributed by atoms with Crippen molar-refractivity contribution in [3.8, 4) is 0 Å². The summed E-state index contributed by atoms with van der Waals surface area (Å²) in [5.41, 5.74) is 2.57. The van der Waals surface area contributed by atoms with Gasteiger partial charge in [-0.15, -0.1) is 0 Å². The molecule has 1 atom stereocenters. The van der Waals surface area contributed by atoms with E-state index in [1.165, 1.54) is 6.07 Å². The molecule has 1 saturated heterocycles. The standard InChI is InChI=1S/C25H30F3N3O2/c26-25(27,28)21-14-17(8-11-23(21)31-12-3-1-2-4-13-31)16-29-24(33)30-22-7-5-6-18-9-10-19(32)15-20(18)22/h5-8,11,14,19,32H,1-4,9-10,12-13,15-16H2,(H2,29,30,33). The molecule has 4 rings (SSSR count). The lowest BCUT2D eigenvalue weighted by molar-refractivity contribution is -0.137. The summed E-state index contributed by atoms with van der Waals surface area (Å²) in [4.78, 5) is 14.3. The van der Waals surface area contributed by atoms with Crippen LogP contribution in [0.5, 0.6) is 0 Å². The van der Waals surface area contributed by atoms with Gasteiger partial charge in [0.25, 0.3) is 0 Å². The summed E-state index contributed by atoms with van der Waals surface area (Å²) in [6, 6.07) is 9.43. The third kappa shape index (κ3) is 5.79. The third-order valence-corrected chi connectivity index (χ3v) is 6.47. The number of carbonyl (C=O) groups is 1. The molecule has 1 fully saturated rings. The fourth-order valence-corrected chi connectivity index (χ4v) is 4.74. The number of nitrogens with zero attached hydrogens (tertiary/aromatic N) is 1. The number of aryl methyl sites for hydroxylation is 1.